The quantitative estimate of drug-likeness (QED) is 0.703. The van der Waals surface area contributed by atoms with Crippen LogP contribution < -0.4 is 0 Å². The summed E-state index contributed by atoms with van der Waals surface area (Å²) in [5, 5.41) is 8.06. The molecule has 1 aromatic carbocycles. The van der Waals surface area contributed by atoms with Crippen molar-refractivity contribution in [2.75, 3.05) is 0 Å². The van der Waals surface area contributed by atoms with E-state index in [2.05, 4.69) is 0 Å². The Bertz CT molecular complexity index is 292. The average Bonchev–Trinajstić information content (AvgIpc) is 2.03. The fourth-order valence-electron chi connectivity index (χ4n) is 0.747. The topological polar surface area (TPSA) is 37.3 Å². The van der Waals surface area contributed by atoms with E-state index in [1.807, 2.05) is 0 Å². The fraction of sp³-hybridized carbons (Fsp3) is 0.364. The Morgan fingerprint density at radius 3 is 2.07 bits per heavy atom. The van der Waals surface area contributed by atoms with Crippen LogP contribution in [0.25, 0.3) is 0 Å². The van der Waals surface area contributed by atoms with E-state index in [0.717, 1.165) is 0 Å². The number of hydrogen-bond acceptors (Lipinski definition) is 2. The van der Waals surface area contributed by atoms with E-state index >= 15 is 0 Å². The highest BCUT2D eigenvalue weighted by Crippen LogP contribution is 2.05. The molecular weight excluding hydrogens is 183 g/mol. The predicted molar refractivity (Wildman–Crippen MR) is 53.8 cm³/mol. The van der Waals surface area contributed by atoms with Gasteiger partial charge >= 0.3 is 0 Å². The monoisotopic (exact) mass is 198 g/mol. The molecule has 0 saturated heterocycles. The van der Waals surface area contributed by atoms with E-state index in [1.165, 1.54) is 19.1 Å². The minimum Gasteiger partial charge on any atom is -0.394 e. The lowest BCUT2D eigenvalue weighted by molar-refractivity contribution is 0.101. The summed E-state index contributed by atoms with van der Waals surface area (Å²) < 4.78 is 12.6. The number of carbonyl (C=O) groups excluding carboxylic acids is 1. The van der Waals surface area contributed by atoms with Crippen LogP contribution in [0.5, 0.6) is 0 Å². The molecule has 0 saturated carbocycles. The molecule has 0 radical (unpaired) electrons. The Labute approximate surface area is 83.4 Å². The van der Waals surface area contributed by atoms with Gasteiger partial charge < -0.3 is 5.11 Å². The summed E-state index contributed by atoms with van der Waals surface area (Å²) in [6, 6.07) is 5.94. The maximum Gasteiger partial charge on any atom is 0.162 e. The summed E-state index contributed by atoms with van der Waals surface area (Å²) in [6.45, 7) is 4.79. The molecule has 0 aliphatic heterocycles. The number of ketones is 1. The van der Waals surface area contributed by atoms with Crippen molar-refractivity contribution in [3.05, 3.63) is 35.6 Å². The number of aliphatic hydroxyl groups is 1. The third-order valence-electron chi connectivity index (χ3n) is 1.25. The summed E-state index contributed by atoms with van der Waals surface area (Å²) in [5.74, 6) is -0.687. The molecule has 0 amide bonds. The number of benzene rings is 1. The van der Waals surface area contributed by atoms with E-state index in [4.69, 9.17) is 5.11 Å². The lowest BCUT2D eigenvalue weighted by Crippen LogP contribution is -1.94. The van der Waals surface area contributed by atoms with E-state index in [0.29, 0.717) is 0 Å². The zero-order chi connectivity index (χ0) is 11.1. The molecule has 0 heterocycles. The SMILES string of the molecule is CC(=O)c1ccccc1F.CC(C)O. The summed E-state index contributed by atoms with van der Waals surface area (Å²) in [4.78, 5) is 10.6. The van der Waals surface area contributed by atoms with Gasteiger partial charge in [-0.15, -0.1) is 0 Å². The molecule has 1 N–H and O–H groups in total. The standard InChI is InChI=1S/C8H7FO.C3H8O/c1-6(10)7-4-2-3-5-8(7)9;1-3(2)4/h2-5H,1H3;3-4H,1-2H3. The zero-order valence-corrected chi connectivity index (χ0v) is 8.62. The first-order valence-corrected chi connectivity index (χ1v) is 4.38. The maximum absolute atomic E-state index is 12.6. The van der Waals surface area contributed by atoms with Gasteiger partial charge in [0.15, 0.2) is 5.78 Å². The molecule has 0 aliphatic rings. The molecule has 14 heavy (non-hydrogen) atoms. The minimum absolute atomic E-state index is 0.155. The Balaban J connectivity index is 0.000000364. The molecule has 0 aromatic heterocycles. The van der Waals surface area contributed by atoms with Crippen molar-refractivity contribution < 1.29 is 14.3 Å². The molecule has 0 atom stereocenters. The number of Topliss-reactive ketones (excluding diaryl/α,β-unsaturated/α-hetero) is 1. The van der Waals surface area contributed by atoms with Gasteiger partial charge in [-0.25, -0.2) is 4.39 Å². The number of hydrogen-bond donors (Lipinski definition) is 1. The van der Waals surface area contributed by atoms with Gasteiger partial charge in [0, 0.05) is 6.10 Å². The molecule has 0 unspecified atom stereocenters. The van der Waals surface area contributed by atoms with Crippen LogP contribution in [0.15, 0.2) is 24.3 Å². The summed E-state index contributed by atoms with van der Waals surface area (Å²) in [7, 11) is 0. The normalized spacial score (nSPS) is 9.29. The maximum atomic E-state index is 12.6. The van der Waals surface area contributed by atoms with Gasteiger partial charge in [-0.3, -0.25) is 4.79 Å². The van der Waals surface area contributed by atoms with Crippen molar-refractivity contribution in [3.8, 4) is 0 Å². The predicted octanol–water partition coefficient (Wildman–Crippen LogP) is 2.42. The van der Waals surface area contributed by atoms with Crippen LogP contribution in [0.2, 0.25) is 0 Å². The van der Waals surface area contributed by atoms with Gasteiger partial charge in [0.25, 0.3) is 0 Å². The van der Waals surface area contributed by atoms with Crippen molar-refractivity contribution in [2.24, 2.45) is 0 Å². The van der Waals surface area contributed by atoms with E-state index in [-0.39, 0.29) is 17.5 Å². The van der Waals surface area contributed by atoms with Crippen LogP contribution in [0, 0.1) is 5.82 Å². The summed E-state index contributed by atoms with van der Waals surface area (Å²) in [5.41, 5.74) is 0.155. The first-order valence-electron chi connectivity index (χ1n) is 4.38. The van der Waals surface area contributed by atoms with Gasteiger partial charge in [0.1, 0.15) is 5.82 Å². The number of rotatable bonds is 1. The van der Waals surface area contributed by atoms with Gasteiger partial charge in [0.05, 0.1) is 5.56 Å². The van der Waals surface area contributed by atoms with Crippen molar-refractivity contribution >= 4 is 5.78 Å². The molecule has 0 aliphatic carbocycles. The van der Waals surface area contributed by atoms with Crippen molar-refractivity contribution in [1.82, 2.24) is 0 Å². The second kappa shape index (κ2) is 6.27. The Morgan fingerprint density at radius 1 is 1.36 bits per heavy atom. The minimum atomic E-state index is -0.449. The molecule has 78 valence electrons. The third-order valence-corrected chi connectivity index (χ3v) is 1.25. The van der Waals surface area contributed by atoms with Gasteiger partial charge in [-0.2, -0.15) is 0 Å². The molecule has 0 bridgehead atoms. The molecule has 1 rings (SSSR count). The first-order chi connectivity index (χ1) is 6.45. The van der Waals surface area contributed by atoms with Crippen LogP contribution in [0.1, 0.15) is 31.1 Å². The molecule has 2 nitrogen and oxygen atoms in total. The highest BCUT2D eigenvalue weighted by atomic mass is 19.1. The molecule has 0 spiro atoms. The summed E-state index contributed by atoms with van der Waals surface area (Å²) in [6.07, 6.45) is -0.167. The highest BCUT2D eigenvalue weighted by molar-refractivity contribution is 5.94. The van der Waals surface area contributed by atoms with Crippen LogP contribution in [-0.4, -0.2) is 17.0 Å². The second-order valence-electron chi connectivity index (χ2n) is 3.13. The van der Waals surface area contributed by atoms with Gasteiger partial charge in [-0.05, 0) is 32.9 Å². The van der Waals surface area contributed by atoms with Crippen molar-refractivity contribution in [3.63, 3.8) is 0 Å². The second-order valence-corrected chi connectivity index (χ2v) is 3.13. The average molecular weight is 198 g/mol. The smallest absolute Gasteiger partial charge is 0.162 e. The van der Waals surface area contributed by atoms with Crippen molar-refractivity contribution in [1.29, 1.82) is 0 Å². The van der Waals surface area contributed by atoms with E-state index in [9.17, 15) is 9.18 Å². The lowest BCUT2D eigenvalue weighted by Gasteiger charge is -1.94. The zero-order valence-electron chi connectivity index (χ0n) is 8.62. The Kier molecular flexibility index (Phi) is 5.72. The lowest BCUT2D eigenvalue weighted by atomic mass is 10.1. The number of aliphatic hydroxyl groups excluding tert-OH is 1. The number of carbonyl (C=O) groups is 1. The number of halogens is 1. The van der Waals surface area contributed by atoms with Crippen LogP contribution in [0.4, 0.5) is 4.39 Å². The van der Waals surface area contributed by atoms with Crippen LogP contribution in [0.3, 0.4) is 0 Å². The molecular formula is C11H15FO2. The van der Waals surface area contributed by atoms with E-state index in [1.54, 1.807) is 26.0 Å². The van der Waals surface area contributed by atoms with E-state index < -0.39 is 5.82 Å². The first kappa shape index (κ1) is 12.8. The molecule has 1 aromatic rings. The molecule has 3 heteroatoms. The van der Waals surface area contributed by atoms with Crippen molar-refractivity contribution in [2.45, 2.75) is 26.9 Å². The Morgan fingerprint density at radius 2 is 1.79 bits per heavy atom. The van der Waals surface area contributed by atoms with Gasteiger partial charge in [-0.1, -0.05) is 12.1 Å². The molecule has 0 fully saturated rings. The van der Waals surface area contributed by atoms with Gasteiger partial charge in [0.2, 0.25) is 0 Å². The fourth-order valence-corrected chi connectivity index (χ4v) is 0.747. The summed E-state index contributed by atoms with van der Waals surface area (Å²) >= 11 is 0. The largest absolute Gasteiger partial charge is 0.394 e. The third kappa shape index (κ3) is 5.43. The Hall–Kier alpha value is -1.22. The highest BCUT2D eigenvalue weighted by Gasteiger charge is 2.03. The van der Waals surface area contributed by atoms with Crippen LogP contribution in [-0.2, 0) is 0 Å². The van der Waals surface area contributed by atoms with Crippen LogP contribution >= 0.6 is 0 Å².